The quantitative estimate of drug-likeness (QED) is 0.0210. The van der Waals surface area contributed by atoms with Crippen LogP contribution in [0.1, 0.15) is 162 Å². The first-order valence-corrected chi connectivity index (χ1v) is 22.1. The summed E-state index contributed by atoms with van der Waals surface area (Å²) >= 11 is 0. The zero-order valence-electron chi connectivity index (χ0n) is 32.9. The first kappa shape index (κ1) is 49.5. The van der Waals surface area contributed by atoms with Crippen LogP contribution in [0.25, 0.3) is 0 Å². The molecule has 0 aliphatic heterocycles. The van der Waals surface area contributed by atoms with E-state index in [4.69, 9.17) is 9.47 Å². The molecule has 0 fully saturated rings. The predicted molar refractivity (Wildman–Crippen MR) is 208 cm³/mol. The third kappa shape index (κ3) is 35.3. The number of alkyl halides is 4. The normalized spacial score (nSPS) is 12.6. The van der Waals surface area contributed by atoms with E-state index in [-0.39, 0.29) is 45.9 Å². The van der Waals surface area contributed by atoms with Crippen LogP contribution in [-0.2, 0) is 19.1 Å². The second-order valence-corrected chi connectivity index (χ2v) is 17.0. The zero-order chi connectivity index (χ0) is 38.1. The summed E-state index contributed by atoms with van der Waals surface area (Å²) in [5.41, 5.74) is 0. The predicted octanol–water partition coefficient (Wildman–Crippen LogP) is 12.5. The van der Waals surface area contributed by atoms with E-state index in [1.54, 1.807) is 0 Å². The summed E-state index contributed by atoms with van der Waals surface area (Å²) in [5, 5.41) is 0. The number of ether oxygens (including phenoxy) is 2. The summed E-state index contributed by atoms with van der Waals surface area (Å²) in [6, 6.07) is 0. The van der Waals surface area contributed by atoms with Crippen LogP contribution in [0.3, 0.4) is 0 Å². The molecule has 0 bridgehead atoms. The van der Waals surface area contributed by atoms with Crippen molar-refractivity contribution in [3.8, 4) is 0 Å². The number of unbranched alkanes of at least 4 members (excludes halogenated alkanes) is 14. The molecule has 0 aromatic heterocycles. The minimum Gasteiger partial charge on any atom is -0.461 e. The van der Waals surface area contributed by atoms with Gasteiger partial charge in [-0.3, -0.25) is 9.59 Å². The van der Waals surface area contributed by atoms with Crippen LogP contribution in [0, 0.1) is 0 Å². The number of halogens is 4. The van der Waals surface area contributed by atoms with Crippen molar-refractivity contribution in [3.63, 3.8) is 0 Å². The fraction of sp³-hybridized carbons (Fsp3) is 0.854. The average Bonchev–Trinajstić information content (AvgIpc) is 3.07. The fourth-order valence-corrected chi connectivity index (χ4v) is 8.48. The largest absolute Gasteiger partial charge is 0.461 e. The van der Waals surface area contributed by atoms with Crippen molar-refractivity contribution in [3.05, 3.63) is 24.3 Å². The Morgan fingerprint density at radius 2 is 0.922 bits per heavy atom. The number of nitrogens with zero attached hydrogens (tertiary/aromatic N) is 1. The topological polar surface area (TPSA) is 55.8 Å². The SMILES string of the molecule is CCCCCC(F)(F)/C=C\COC(=O)CCCCCCCP(CCCCCCCC(=O)OC/C=C\C(F)(F)CCCCC)CCCCCN(C)C. The molecule has 0 saturated carbocycles. The van der Waals surface area contributed by atoms with Gasteiger partial charge in [0.2, 0.25) is 0 Å². The van der Waals surface area contributed by atoms with Crippen molar-refractivity contribution < 1.29 is 36.6 Å². The fourth-order valence-electron chi connectivity index (χ4n) is 5.80. The van der Waals surface area contributed by atoms with Crippen LogP contribution in [0.5, 0.6) is 0 Å². The Morgan fingerprint density at radius 1 is 0.549 bits per heavy atom. The first-order valence-electron chi connectivity index (χ1n) is 20.2. The monoisotopic (exact) mass is 752 g/mol. The van der Waals surface area contributed by atoms with Gasteiger partial charge in [0.05, 0.1) is 0 Å². The van der Waals surface area contributed by atoms with Crippen LogP contribution in [-0.4, -0.2) is 81.0 Å². The van der Waals surface area contributed by atoms with Gasteiger partial charge < -0.3 is 14.4 Å². The van der Waals surface area contributed by atoms with Crippen molar-refractivity contribution in [2.75, 3.05) is 52.3 Å². The van der Waals surface area contributed by atoms with Gasteiger partial charge in [-0.1, -0.05) is 84.5 Å². The molecule has 0 aromatic rings. The van der Waals surface area contributed by atoms with Crippen LogP contribution >= 0.6 is 7.92 Å². The molecule has 0 radical (unpaired) electrons. The lowest BCUT2D eigenvalue weighted by atomic mass is 10.1. The minimum atomic E-state index is -2.84. The van der Waals surface area contributed by atoms with E-state index in [0.29, 0.717) is 25.7 Å². The van der Waals surface area contributed by atoms with Crippen LogP contribution in [0.4, 0.5) is 17.6 Å². The van der Waals surface area contributed by atoms with Gasteiger partial charge >= 0.3 is 11.9 Å². The molecule has 0 aromatic carbocycles. The average molecular weight is 752 g/mol. The third-order valence-corrected chi connectivity index (χ3v) is 11.8. The Kier molecular flexibility index (Phi) is 32.2. The Balaban J connectivity index is 4.17. The van der Waals surface area contributed by atoms with E-state index in [9.17, 15) is 27.2 Å². The summed E-state index contributed by atoms with van der Waals surface area (Å²) in [6.07, 6.45) is 27.1. The van der Waals surface area contributed by atoms with E-state index in [1.165, 1.54) is 62.7 Å². The molecular weight excluding hydrogens is 677 g/mol. The van der Waals surface area contributed by atoms with E-state index in [0.717, 1.165) is 95.7 Å². The summed E-state index contributed by atoms with van der Waals surface area (Å²) in [6.45, 7) is 4.91. The van der Waals surface area contributed by atoms with Crippen molar-refractivity contribution in [1.29, 1.82) is 0 Å². The highest BCUT2D eigenvalue weighted by Crippen LogP contribution is 2.39. The van der Waals surface area contributed by atoms with Gasteiger partial charge in [-0.15, -0.1) is 7.92 Å². The van der Waals surface area contributed by atoms with Crippen molar-refractivity contribution in [1.82, 2.24) is 4.90 Å². The number of carbonyl (C=O) groups excluding carboxylic acids is 2. The molecule has 0 atom stereocenters. The zero-order valence-corrected chi connectivity index (χ0v) is 33.7. The number of hydrogen-bond donors (Lipinski definition) is 0. The van der Waals surface area contributed by atoms with Gasteiger partial charge in [0.25, 0.3) is 11.8 Å². The number of carbonyl (C=O) groups is 2. The van der Waals surface area contributed by atoms with Crippen molar-refractivity contribution in [2.24, 2.45) is 0 Å². The standard InChI is InChI=1S/C41H74F4NO4P/c1-5-7-18-28-40(42,43)30-24-33-49-38(47)26-16-11-9-13-21-35-51(37-23-15-20-32-46(3)4)36-22-14-10-12-17-27-39(48)50-34-25-31-41(44,45)29-19-8-6-2/h24-25,30-31H,5-23,26-29,32-37H2,1-4H3/b30-24-,31-25-. The van der Waals surface area contributed by atoms with Crippen LogP contribution in [0.2, 0.25) is 0 Å². The summed E-state index contributed by atoms with van der Waals surface area (Å²) in [4.78, 5) is 26.2. The lowest BCUT2D eigenvalue weighted by Gasteiger charge is -2.18. The molecule has 0 aliphatic carbocycles. The number of allylic oxidation sites excluding steroid dienone is 2. The Bertz CT molecular complexity index is 839. The maximum absolute atomic E-state index is 13.8. The van der Waals surface area contributed by atoms with Gasteiger partial charge in [0.15, 0.2) is 0 Å². The van der Waals surface area contributed by atoms with Crippen LogP contribution in [0.15, 0.2) is 24.3 Å². The summed E-state index contributed by atoms with van der Waals surface area (Å²) < 4.78 is 65.3. The lowest BCUT2D eigenvalue weighted by Crippen LogP contribution is -2.12. The van der Waals surface area contributed by atoms with Gasteiger partial charge in [0, 0.05) is 25.7 Å². The molecule has 0 aliphatic rings. The number of esters is 2. The second-order valence-electron chi connectivity index (χ2n) is 14.3. The Morgan fingerprint density at radius 3 is 1.31 bits per heavy atom. The minimum absolute atomic E-state index is 0.0124. The molecular formula is C41H74F4NO4P. The smallest absolute Gasteiger partial charge is 0.306 e. The van der Waals surface area contributed by atoms with E-state index in [1.807, 2.05) is 13.8 Å². The highest BCUT2D eigenvalue weighted by Gasteiger charge is 2.24. The molecule has 300 valence electrons. The van der Waals surface area contributed by atoms with E-state index in [2.05, 4.69) is 19.0 Å². The molecule has 0 N–H and O–H groups in total. The van der Waals surface area contributed by atoms with Gasteiger partial charge in [0.1, 0.15) is 13.2 Å². The molecule has 0 heterocycles. The highest BCUT2D eigenvalue weighted by atomic mass is 31.1. The highest BCUT2D eigenvalue weighted by molar-refractivity contribution is 7.57. The Hall–Kier alpha value is -1.47. The molecule has 0 amide bonds. The maximum atomic E-state index is 13.8. The Labute approximate surface area is 310 Å². The summed E-state index contributed by atoms with van der Waals surface area (Å²) in [7, 11) is 4.25. The van der Waals surface area contributed by atoms with Crippen LogP contribution < -0.4 is 0 Å². The van der Waals surface area contributed by atoms with Gasteiger partial charge in [-0.25, -0.2) is 17.6 Å². The molecule has 51 heavy (non-hydrogen) atoms. The molecule has 0 spiro atoms. The molecule has 0 saturated heterocycles. The van der Waals surface area contributed by atoms with Gasteiger partial charge in [-0.2, -0.15) is 0 Å². The van der Waals surface area contributed by atoms with E-state index >= 15 is 0 Å². The second kappa shape index (κ2) is 33.1. The van der Waals surface area contributed by atoms with Gasteiger partial charge in [-0.05, 0) is 115 Å². The van der Waals surface area contributed by atoms with Crippen molar-refractivity contribution in [2.45, 2.75) is 173 Å². The molecule has 0 unspecified atom stereocenters. The molecule has 0 rings (SSSR count). The number of hydrogen-bond acceptors (Lipinski definition) is 5. The van der Waals surface area contributed by atoms with E-state index < -0.39 is 11.8 Å². The maximum Gasteiger partial charge on any atom is 0.306 e. The first-order chi connectivity index (χ1) is 24.4. The molecule has 10 heteroatoms. The summed E-state index contributed by atoms with van der Waals surface area (Å²) in [5.74, 6) is -6.32. The number of rotatable bonds is 36. The molecule has 5 nitrogen and oxygen atoms in total. The third-order valence-electron chi connectivity index (χ3n) is 8.92. The lowest BCUT2D eigenvalue weighted by molar-refractivity contribution is -0.143. The van der Waals surface area contributed by atoms with Crippen molar-refractivity contribution >= 4 is 19.9 Å².